The van der Waals surface area contributed by atoms with E-state index in [2.05, 4.69) is 38.1 Å². The summed E-state index contributed by atoms with van der Waals surface area (Å²) in [5.41, 5.74) is 1.71. The molecule has 0 bridgehead atoms. The van der Waals surface area contributed by atoms with Gasteiger partial charge in [-0.05, 0) is 51.7 Å². The summed E-state index contributed by atoms with van der Waals surface area (Å²) in [6.45, 7) is 14.4. The summed E-state index contributed by atoms with van der Waals surface area (Å²) >= 11 is 0. The Morgan fingerprint density at radius 1 is 0.944 bits per heavy atom. The van der Waals surface area contributed by atoms with Gasteiger partial charge < -0.3 is 0 Å². The number of rotatable bonds is 4. The van der Waals surface area contributed by atoms with Crippen molar-refractivity contribution in [3.63, 3.8) is 0 Å². The van der Waals surface area contributed by atoms with Crippen molar-refractivity contribution in [2.24, 2.45) is 0 Å². The molecule has 2 heteroatoms. The summed E-state index contributed by atoms with van der Waals surface area (Å²) < 4.78 is 0. The Morgan fingerprint density at radius 3 is 2.06 bits per heavy atom. The molecule has 0 unspecified atom stereocenters. The first-order valence-corrected chi connectivity index (χ1v) is 6.59. The average Bonchev–Trinajstić information content (AvgIpc) is 2.26. The maximum absolute atomic E-state index is 5.61. The Morgan fingerprint density at radius 2 is 1.56 bits per heavy atom. The molecule has 0 aliphatic rings. The highest BCUT2D eigenvalue weighted by Gasteiger charge is 2.26. The van der Waals surface area contributed by atoms with Crippen molar-refractivity contribution in [3.05, 3.63) is 35.4 Å². The van der Waals surface area contributed by atoms with Crippen molar-refractivity contribution in [2.45, 2.75) is 65.6 Å². The molecular formula is C16H26O2. The zero-order chi connectivity index (χ0) is 14.0. The van der Waals surface area contributed by atoms with Crippen LogP contribution in [0.15, 0.2) is 24.3 Å². The van der Waals surface area contributed by atoms with Crippen LogP contribution < -0.4 is 0 Å². The molecule has 0 spiro atoms. The van der Waals surface area contributed by atoms with E-state index in [9.17, 15) is 0 Å². The minimum Gasteiger partial charge on any atom is -0.230 e. The van der Waals surface area contributed by atoms with E-state index >= 15 is 0 Å². The van der Waals surface area contributed by atoms with Gasteiger partial charge in [-0.15, -0.1) is 0 Å². The molecule has 0 aromatic heterocycles. The third-order valence-electron chi connectivity index (χ3n) is 2.75. The van der Waals surface area contributed by atoms with Gasteiger partial charge in [-0.2, -0.15) is 0 Å². The molecule has 0 radical (unpaired) electrons. The second kappa shape index (κ2) is 5.41. The van der Waals surface area contributed by atoms with E-state index < -0.39 is 5.60 Å². The van der Waals surface area contributed by atoms with E-state index in [-0.39, 0.29) is 5.60 Å². The van der Waals surface area contributed by atoms with Crippen LogP contribution in [0.25, 0.3) is 0 Å². The van der Waals surface area contributed by atoms with Crippen molar-refractivity contribution in [2.75, 3.05) is 0 Å². The quantitative estimate of drug-likeness (QED) is 0.565. The fourth-order valence-electron chi connectivity index (χ4n) is 1.55. The third kappa shape index (κ3) is 4.43. The van der Waals surface area contributed by atoms with E-state index in [1.165, 1.54) is 5.56 Å². The Kier molecular flexibility index (Phi) is 4.57. The summed E-state index contributed by atoms with van der Waals surface area (Å²) in [7, 11) is 0. The van der Waals surface area contributed by atoms with E-state index in [1.807, 2.05) is 34.6 Å². The largest absolute Gasteiger partial charge is 0.230 e. The molecule has 0 atom stereocenters. The van der Waals surface area contributed by atoms with Gasteiger partial charge in [0.2, 0.25) is 0 Å². The molecule has 1 aromatic rings. The molecule has 102 valence electrons. The van der Waals surface area contributed by atoms with Crippen LogP contribution in [0.1, 0.15) is 65.5 Å². The maximum atomic E-state index is 5.61. The molecule has 0 fully saturated rings. The van der Waals surface area contributed by atoms with Gasteiger partial charge in [-0.1, -0.05) is 38.1 Å². The second-order valence-electron chi connectivity index (χ2n) is 6.57. The van der Waals surface area contributed by atoms with E-state index in [1.54, 1.807) is 0 Å². The average molecular weight is 250 g/mol. The van der Waals surface area contributed by atoms with Gasteiger partial charge in [-0.25, -0.2) is 9.78 Å². The van der Waals surface area contributed by atoms with Gasteiger partial charge in [0.25, 0.3) is 0 Å². The van der Waals surface area contributed by atoms with Gasteiger partial charge in [0.15, 0.2) is 0 Å². The van der Waals surface area contributed by atoms with Crippen LogP contribution in [-0.2, 0) is 15.4 Å². The first-order valence-electron chi connectivity index (χ1n) is 6.59. The Balaban J connectivity index is 2.87. The SMILES string of the molecule is CC(C)c1cccc(C(C)(C)OOC(C)(C)C)c1. The fraction of sp³-hybridized carbons (Fsp3) is 0.625. The van der Waals surface area contributed by atoms with Gasteiger partial charge in [-0.3, -0.25) is 0 Å². The second-order valence-corrected chi connectivity index (χ2v) is 6.57. The summed E-state index contributed by atoms with van der Waals surface area (Å²) in [5.74, 6) is 0.518. The van der Waals surface area contributed by atoms with Crippen LogP contribution in [0.4, 0.5) is 0 Å². The van der Waals surface area contributed by atoms with Crippen LogP contribution in [-0.4, -0.2) is 5.60 Å². The molecular weight excluding hydrogens is 224 g/mol. The number of hydrogen-bond donors (Lipinski definition) is 0. The topological polar surface area (TPSA) is 18.5 Å². The molecule has 1 rings (SSSR count). The monoisotopic (exact) mass is 250 g/mol. The minimum absolute atomic E-state index is 0.299. The molecule has 0 aliphatic carbocycles. The highest BCUT2D eigenvalue weighted by atomic mass is 17.2. The number of benzene rings is 1. The van der Waals surface area contributed by atoms with Crippen LogP contribution >= 0.6 is 0 Å². The van der Waals surface area contributed by atoms with Gasteiger partial charge >= 0.3 is 0 Å². The van der Waals surface area contributed by atoms with Crippen molar-refractivity contribution in [3.8, 4) is 0 Å². The van der Waals surface area contributed by atoms with Crippen molar-refractivity contribution in [1.29, 1.82) is 0 Å². The minimum atomic E-state index is -0.446. The standard InChI is InChI=1S/C16H26O2/c1-12(2)13-9-8-10-14(11-13)16(6,7)18-17-15(3,4)5/h8-12H,1-7H3. The Labute approximate surface area is 111 Å². The van der Waals surface area contributed by atoms with E-state index in [0.717, 1.165) is 5.56 Å². The van der Waals surface area contributed by atoms with Crippen LogP contribution in [0.3, 0.4) is 0 Å². The molecule has 0 heterocycles. The van der Waals surface area contributed by atoms with E-state index in [4.69, 9.17) is 9.78 Å². The third-order valence-corrected chi connectivity index (χ3v) is 2.75. The van der Waals surface area contributed by atoms with Crippen molar-refractivity contribution >= 4 is 0 Å². The lowest BCUT2D eigenvalue weighted by Crippen LogP contribution is -2.29. The lowest BCUT2D eigenvalue weighted by Gasteiger charge is -2.29. The van der Waals surface area contributed by atoms with Crippen LogP contribution in [0.2, 0.25) is 0 Å². The number of hydrogen-bond acceptors (Lipinski definition) is 2. The summed E-state index contributed by atoms with van der Waals surface area (Å²) in [5, 5.41) is 0. The van der Waals surface area contributed by atoms with Gasteiger partial charge in [0.05, 0.1) is 5.60 Å². The Hall–Kier alpha value is -0.860. The molecule has 0 saturated heterocycles. The summed E-state index contributed by atoms with van der Waals surface area (Å²) in [6.07, 6.45) is 0. The predicted molar refractivity (Wildman–Crippen MR) is 75.5 cm³/mol. The lowest BCUT2D eigenvalue weighted by atomic mass is 9.93. The van der Waals surface area contributed by atoms with Crippen LogP contribution in [0.5, 0.6) is 0 Å². The molecule has 0 saturated carbocycles. The zero-order valence-electron chi connectivity index (χ0n) is 12.7. The highest BCUT2D eigenvalue weighted by Crippen LogP contribution is 2.29. The molecule has 18 heavy (non-hydrogen) atoms. The first kappa shape index (κ1) is 15.2. The summed E-state index contributed by atoms with van der Waals surface area (Å²) in [6, 6.07) is 8.50. The van der Waals surface area contributed by atoms with Crippen molar-refractivity contribution in [1.82, 2.24) is 0 Å². The zero-order valence-corrected chi connectivity index (χ0v) is 12.7. The van der Waals surface area contributed by atoms with Gasteiger partial charge in [0.1, 0.15) is 5.60 Å². The van der Waals surface area contributed by atoms with E-state index in [0.29, 0.717) is 5.92 Å². The first-order chi connectivity index (χ1) is 8.12. The molecule has 0 aliphatic heterocycles. The lowest BCUT2D eigenvalue weighted by molar-refractivity contribution is -0.401. The van der Waals surface area contributed by atoms with Crippen LogP contribution in [0, 0.1) is 0 Å². The van der Waals surface area contributed by atoms with Crippen molar-refractivity contribution < 1.29 is 9.78 Å². The smallest absolute Gasteiger partial charge is 0.123 e. The molecule has 1 aromatic carbocycles. The fourth-order valence-corrected chi connectivity index (χ4v) is 1.55. The molecule has 0 N–H and O–H groups in total. The molecule has 0 amide bonds. The van der Waals surface area contributed by atoms with Gasteiger partial charge in [0, 0.05) is 0 Å². The normalized spacial score (nSPS) is 13.1. The Bertz CT molecular complexity index is 386. The molecule has 2 nitrogen and oxygen atoms in total. The maximum Gasteiger partial charge on any atom is 0.123 e. The predicted octanol–water partition coefficient (Wildman–Crippen LogP) is 4.79. The highest BCUT2D eigenvalue weighted by molar-refractivity contribution is 5.29. The summed E-state index contributed by atoms with van der Waals surface area (Å²) in [4.78, 5) is 11.1.